The van der Waals surface area contributed by atoms with Gasteiger partial charge in [0.05, 0.1) is 17.2 Å². The van der Waals surface area contributed by atoms with Crippen molar-refractivity contribution >= 4 is 28.8 Å². The summed E-state index contributed by atoms with van der Waals surface area (Å²) in [5.41, 5.74) is 9.30. The number of rotatable bonds is 5. The summed E-state index contributed by atoms with van der Waals surface area (Å²) in [6, 6.07) is 11.4. The fourth-order valence-corrected chi connectivity index (χ4v) is 2.65. The molecule has 0 aliphatic heterocycles. The van der Waals surface area contributed by atoms with Crippen LogP contribution in [0.3, 0.4) is 0 Å². The first kappa shape index (κ1) is 22.7. The topological polar surface area (TPSA) is 121 Å². The van der Waals surface area contributed by atoms with Gasteiger partial charge in [-0.15, -0.1) is 0 Å². The van der Waals surface area contributed by atoms with E-state index in [1.165, 1.54) is 6.21 Å². The van der Waals surface area contributed by atoms with E-state index in [9.17, 15) is 9.00 Å². The van der Waals surface area contributed by atoms with E-state index >= 15 is 0 Å². The number of anilines is 1. The van der Waals surface area contributed by atoms with Crippen LogP contribution >= 0.6 is 0 Å². The van der Waals surface area contributed by atoms with Gasteiger partial charge in [0.2, 0.25) is 5.91 Å². The number of nitrogens with two attached hydrogens (primary N) is 1. The number of hydrogen-bond acceptors (Lipinski definition) is 5. The zero-order chi connectivity index (χ0) is 21.1. The van der Waals surface area contributed by atoms with Gasteiger partial charge in [0.25, 0.3) is 0 Å². The van der Waals surface area contributed by atoms with Gasteiger partial charge < -0.3 is 10.5 Å². The van der Waals surface area contributed by atoms with Gasteiger partial charge in [-0.25, -0.2) is 4.21 Å². The van der Waals surface area contributed by atoms with Crippen LogP contribution in [-0.4, -0.2) is 34.6 Å². The first-order valence-corrected chi connectivity index (χ1v) is 9.83. The lowest BCUT2D eigenvalue weighted by Crippen LogP contribution is -2.14. The van der Waals surface area contributed by atoms with Gasteiger partial charge in [-0.3, -0.25) is 14.8 Å². The lowest BCUT2D eigenvalue weighted by atomic mass is 10.0. The molecule has 0 aliphatic carbocycles. The highest BCUT2D eigenvalue weighted by Crippen LogP contribution is 2.24. The number of allylic oxidation sites excluding steroid dienone is 1. The maximum Gasteiger partial charge on any atom is 0.249 e. The number of carbonyl (C=O) groups excluding carboxylic acids is 1. The molecule has 2 aromatic rings. The first-order chi connectivity index (χ1) is 13.3. The Labute approximate surface area is 167 Å². The third kappa shape index (κ3) is 7.13. The van der Waals surface area contributed by atoms with E-state index in [1.54, 1.807) is 38.6 Å². The summed E-state index contributed by atoms with van der Waals surface area (Å²) in [7, 11) is 0.498. The van der Waals surface area contributed by atoms with Crippen LogP contribution in [0.1, 0.15) is 18.2 Å². The summed E-state index contributed by atoms with van der Waals surface area (Å²) >= 11 is 0. The minimum absolute atomic E-state index is 0.442. The number of pyridine rings is 1. The Balaban J connectivity index is 0.000000370. The number of hydrogen-bond donors (Lipinski definition) is 2. The molecule has 8 heteroatoms. The number of amides is 1. The molecule has 0 aliphatic rings. The molecule has 1 atom stereocenters. The molecule has 3 N–H and O–H groups in total. The van der Waals surface area contributed by atoms with Crippen LogP contribution in [0.5, 0.6) is 0 Å². The molecule has 0 spiro atoms. The Morgan fingerprint density at radius 3 is 2.43 bits per heavy atom. The highest BCUT2D eigenvalue weighted by atomic mass is 32.2. The van der Waals surface area contributed by atoms with Crippen LogP contribution in [0.25, 0.3) is 11.1 Å². The molecule has 0 bridgehead atoms. The molecule has 1 unspecified atom stereocenters. The molecule has 0 fully saturated rings. The smallest absolute Gasteiger partial charge is 0.249 e. The summed E-state index contributed by atoms with van der Waals surface area (Å²) < 4.78 is 13.9. The number of carbonyl (C=O) groups is 1. The Morgan fingerprint density at radius 2 is 2.00 bits per heavy atom. The third-order valence-electron chi connectivity index (χ3n) is 3.48. The number of primary amides is 1. The normalized spacial score (nSPS) is 11.9. The van der Waals surface area contributed by atoms with E-state index < -0.39 is 16.9 Å². The van der Waals surface area contributed by atoms with Crippen molar-refractivity contribution in [2.24, 2.45) is 10.7 Å². The van der Waals surface area contributed by atoms with Gasteiger partial charge in [-0.05, 0) is 37.6 Å². The number of nitrogens with zero attached hydrogens (tertiary/aromatic N) is 3. The predicted octanol–water partition coefficient (Wildman–Crippen LogP) is 2.75. The van der Waals surface area contributed by atoms with E-state index in [2.05, 4.69) is 20.8 Å². The minimum Gasteiger partial charge on any atom is -0.366 e. The van der Waals surface area contributed by atoms with Crippen LogP contribution in [0.4, 0.5) is 5.69 Å². The predicted molar refractivity (Wildman–Crippen MR) is 114 cm³/mol. The number of aromatic nitrogens is 1. The van der Waals surface area contributed by atoms with E-state index in [0.717, 1.165) is 22.5 Å². The average molecular weight is 398 g/mol. The largest absolute Gasteiger partial charge is 0.366 e. The molecule has 1 aromatic heterocycles. The molecule has 1 aromatic carbocycles. The van der Waals surface area contributed by atoms with Gasteiger partial charge in [0.15, 0.2) is 0 Å². The zero-order valence-electron chi connectivity index (χ0n) is 16.3. The maximum absolute atomic E-state index is 11.1. The van der Waals surface area contributed by atoms with Gasteiger partial charge in [0, 0.05) is 42.7 Å². The van der Waals surface area contributed by atoms with Crippen molar-refractivity contribution < 1.29 is 9.00 Å². The second kappa shape index (κ2) is 11.4. The lowest BCUT2D eigenvalue weighted by Gasteiger charge is -2.07. The van der Waals surface area contributed by atoms with Crippen molar-refractivity contribution in [2.75, 3.05) is 18.0 Å². The second-order valence-corrected chi connectivity index (χ2v) is 6.72. The molecule has 0 radical (unpaired) electrons. The fraction of sp³-hybridized carbons (Fsp3) is 0.200. The SMILES string of the molecule is C/C=C(\C=NC)C(N)=O.Cc1cc(C#N)c(-c2ccc(NS(C)=O)cc2)cn1. The third-order valence-corrected chi connectivity index (χ3v) is 4.01. The van der Waals surface area contributed by atoms with Crippen molar-refractivity contribution in [3.8, 4) is 17.2 Å². The summed E-state index contributed by atoms with van der Waals surface area (Å²) in [6.07, 6.45) is 6.33. The van der Waals surface area contributed by atoms with Crippen molar-refractivity contribution in [2.45, 2.75) is 13.8 Å². The maximum atomic E-state index is 11.1. The molecule has 2 rings (SSSR count). The molecular formula is C20H23N5O2S. The van der Waals surface area contributed by atoms with Gasteiger partial charge in [-0.2, -0.15) is 5.26 Å². The van der Waals surface area contributed by atoms with Crippen LogP contribution < -0.4 is 10.5 Å². The quantitative estimate of drug-likeness (QED) is 0.595. The highest BCUT2D eigenvalue weighted by Gasteiger charge is 2.06. The molecule has 0 saturated heterocycles. The van der Waals surface area contributed by atoms with Crippen LogP contribution in [0.15, 0.2) is 53.2 Å². The highest BCUT2D eigenvalue weighted by molar-refractivity contribution is 7.85. The Hall–Kier alpha value is -3.31. The van der Waals surface area contributed by atoms with E-state index in [-0.39, 0.29) is 0 Å². The van der Waals surface area contributed by atoms with Gasteiger partial charge in [0.1, 0.15) is 11.0 Å². The number of nitrogens with one attached hydrogen (secondary N) is 1. The number of nitriles is 1. The number of aryl methyl sites for hydroxylation is 1. The summed E-state index contributed by atoms with van der Waals surface area (Å²) in [5, 5.41) is 9.15. The number of benzene rings is 1. The van der Waals surface area contributed by atoms with Crippen molar-refractivity contribution in [3.63, 3.8) is 0 Å². The van der Waals surface area contributed by atoms with Crippen molar-refractivity contribution in [1.29, 1.82) is 5.26 Å². The first-order valence-electron chi connectivity index (χ1n) is 8.27. The molecule has 1 heterocycles. The zero-order valence-corrected chi connectivity index (χ0v) is 17.1. The van der Waals surface area contributed by atoms with Crippen LogP contribution in [0, 0.1) is 18.3 Å². The Bertz CT molecular complexity index is 944. The standard InChI is InChI=1S/C14H13N3OS.C6H10N2O/c1-10-7-12(8-15)14(9-16-10)11-3-5-13(6-4-11)17-19(2)18;1-3-5(4-8-2)6(7)9/h3-7,9,17H,1-2H3;3-4H,1-2H3,(H2,7,9)/b;5-3+,8-4?. The molecule has 0 saturated carbocycles. The second-order valence-electron chi connectivity index (χ2n) is 5.61. The molecule has 28 heavy (non-hydrogen) atoms. The van der Waals surface area contributed by atoms with Crippen LogP contribution in [0.2, 0.25) is 0 Å². The van der Waals surface area contributed by atoms with Crippen molar-refractivity contribution in [3.05, 3.63) is 59.4 Å². The van der Waals surface area contributed by atoms with E-state index in [0.29, 0.717) is 11.1 Å². The molecule has 1 amide bonds. The molecule has 146 valence electrons. The van der Waals surface area contributed by atoms with E-state index in [4.69, 9.17) is 11.0 Å². The average Bonchev–Trinajstić information content (AvgIpc) is 2.66. The lowest BCUT2D eigenvalue weighted by molar-refractivity contribution is -0.114. The minimum atomic E-state index is -1.09. The molecular weight excluding hydrogens is 374 g/mol. The summed E-state index contributed by atoms with van der Waals surface area (Å²) in [6.45, 7) is 3.59. The monoisotopic (exact) mass is 397 g/mol. The van der Waals surface area contributed by atoms with Crippen LogP contribution in [-0.2, 0) is 15.8 Å². The van der Waals surface area contributed by atoms with Crippen molar-refractivity contribution in [1.82, 2.24) is 4.98 Å². The Morgan fingerprint density at radius 1 is 1.36 bits per heavy atom. The summed E-state index contributed by atoms with van der Waals surface area (Å²) in [5.74, 6) is -0.442. The number of aliphatic imine (C=N–C) groups is 1. The van der Waals surface area contributed by atoms with E-state index in [1.807, 2.05) is 31.2 Å². The summed E-state index contributed by atoms with van der Waals surface area (Å²) in [4.78, 5) is 18.2. The van der Waals surface area contributed by atoms with Gasteiger partial charge in [-0.1, -0.05) is 18.2 Å². The fourth-order valence-electron chi connectivity index (χ4n) is 2.19. The molecule has 7 nitrogen and oxygen atoms in total. The van der Waals surface area contributed by atoms with Gasteiger partial charge >= 0.3 is 0 Å². The Kier molecular flexibility index (Phi) is 9.27.